The molecule has 0 saturated heterocycles. The van der Waals surface area contributed by atoms with Gasteiger partial charge in [0.2, 0.25) is 0 Å². The van der Waals surface area contributed by atoms with Crippen LogP contribution in [0, 0.1) is 0 Å². The third-order valence-electron chi connectivity index (χ3n) is 14.8. The van der Waals surface area contributed by atoms with Gasteiger partial charge in [0, 0.05) is 16.2 Å². The van der Waals surface area contributed by atoms with Crippen LogP contribution >= 0.6 is 0 Å². The van der Waals surface area contributed by atoms with Crippen LogP contribution in [-0.2, 0) is 5.41 Å². The zero-order valence-corrected chi connectivity index (χ0v) is 34.7. The SMILES string of the molecule is c1ccc2c(c1)-c1ccccc1C21c2ccc3ccccc3c2-c2ccc3cc(-c4c5ccccc5c(-c5ccc6oc7c8ccccc8ccc7c6c5)c5ccccc45)ccc3c21. The predicted octanol–water partition coefficient (Wildman–Crippen LogP) is 17.0. The molecular formula is C63H36O. The molecule has 1 aromatic heterocycles. The van der Waals surface area contributed by atoms with Gasteiger partial charge in [0.05, 0.1) is 5.41 Å². The number of benzene rings is 12. The Morgan fingerprint density at radius 2 is 0.797 bits per heavy atom. The first kappa shape index (κ1) is 34.3. The zero-order chi connectivity index (χ0) is 41.7. The molecule has 0 N–H and O–H groups in total. The Balaban J connectivity index is 0.984. The van der Waals surface area contributed by atoms with Gasteiger partial charge in [-0.3, -0.25) is 0 Å². The molecule has 0 saturated carbocycles. The first-order valence-electron chi connectivity index (χ1n) is 22.3. The lowest BCUT2D eigenvalue weighted by Crippen LogP contribution is -2.26. The van der Waals surface area contributed by atoms with E-state index in [0.29, 0.717) is 0 Å². The molecule has 294 valence electrons. The van der Waals surface area contributed by atoms with Crippen LogP contribution in [0.2, 0.25) is 0 Å². The lowest BCUT2D eigenvalue weighted by atomic mass is 9.69. The highest BCUT2D eigenvalue weighted by Crippen LogP contribution is 2.65. The lowest BCUT2D eigenvalue weighted by Gasteiger charge is -2.31. The van der Waals surface area contributed by atoms with E-state index in [9.17, 15) is 0 Å². The van der Waals surface area contributed by atoms with Crippen molar-refractivity contribution in [1.82, 2.24) is 0 Å². The summed E-state index contributed by atoms with van der Waals surface area (Å²) in [7, 11) is 0. The number of hydrogen-bond donors (Lipinski definition) is 0. The van der Waals surface area contributed by atoms with Crippen LogP contribution in [-0.4, -0.2) is 0 Å². The Labute approximate surface area is 369 Å². The van der Waals surface area contributed by atoms with Crippen LogP contribution in [0.5, 0.6) is 0 Å². The Morgan fingerprint density at radius 3 is 1.48 bits per heavy atom. The average molecular weight is 809 g/mol. The van der Waals surface area contributed by atoms with E-state index in [0.717, 1.165) is 27.3 Å². The molecule has 0 fully saturated rings. The summed E-state index contributed by atoms with van der Waals surface area (Å²) in [5, 5.41) is 14.7. The van der Waals surface area contributed by atoms with Crippen LogP contribution in [0.25, 0.3) is 120 Å². The summed E-state index contributed by atoms with van der Waals surface area (Å²) in [6.45, 7) is 0. The van der Waals surface area contributed by atoms with E-state index >= 15 is 0 Å². The fourth-order valence-electron chi connectivity index (χ4n) is 12.3. The van der Waals surface area contributed by atoms with Gasteiger partial charge in [0.15, 0.2) is 0 Å². The molecular weight excluding hydrogens is 773 g/mol. The van der Waals surface area contributed by atoms with Crippen LogP contribution < -0.4 is 0 Å². The van der Waals surface area contributed by atoms with Gasteiger partial charge in [0.25, 0.3) is 0 Å². The molecule has 1 heterocycles. The number of rotatable bonds is 2. The van der Waals surface area contributed by atoms with Crippen LogP contribution in [0.15, 0.2) is 223 Å². The second-order valence-electron chi connectivity index (χ2n) is 17.8. The molecule has 0 unspecified atom stereocenters. The maximum atomic E-state index is 6.57. The molecule has 0 radical (unpaired) electrons. The van der Waals surface area contributed by atoms with Gasteiger partial charge in [-0.05, 0) is 140 Å². The summed E-state index contributed by atoms with van der Waals surface area (Å²) in [6.07, 6.45) is 0. The van der Waals surface area contributed by atoms with E-state index in [1.54, 1.807) is 0 Å². The Morgan fingerprint density at radius 1 is 0.281 bits per heavy atom. The van der Waals surface area contributed by atoms with E-state index in [1.165, 1.54) is 115 Å². The maximum absolute atomic E-state index is 6.57. The van der Waals surface area contributed by atoms with Crippen LogP contribution in [0.1, 0.15) is 22.3 Å². The molecule has 64 heavy (non-hydrogen) atoms. The average Bonchev–Trinajstić information content (AvgIpc) is 3.99. The standard InChI is InChI=1S/C63H36O/c1-3-15-42-37(13-1)28-33-56-60(42)52-32-26-39-35-40(27-30-43(39)61(52)63(56)54-23-11-9-17-45(54)46-18-10-12-24-55(46)63)58-47-19-5-7-21-49(47)59(50-22-8-6-20-48(50)58)41-29-34-57-53(36-41)51-31-25-38-14-2-4-16-44(38)62(51)64-57/h1-36H. The van der Waals surface area contributed by atoms with Crippen LogP contribution in [0.3, 0.4) is 0 Å². The summed E-state index contributed by atoms with van der Waals surface area (Å²) in [4.78, 5) is 0. The minimum Gasteiger partial charge on any atom is -0.455 e. The van der Waals surface area contributed by atoms with E-state index < -0.39 is 5.41 Å². The Kier molecular flexibility index (Phi) is 6.67. The van der Waals surface area contributed by atoms with Gasteiger partial charge >= 0.3 is 0 Å². The van der Waals surface area contributed by atoms with Crippen molar-refractivity contribution in [1.29, 1.82) is 0 Å². The Hall–Kier alpha value is -8.26. The van der Waals surface area contributed by atoms with Crippen molar-refractivity contribution in [3.63, 3.8) is 0 Å². The van der Waals surface area contributed by atoms with Gasteiger partial charge in [0.1, 0.15) is 11.2 Å². The molecule has 15 rings (SSSR count). The fraction of sp³-hybridized carbons (Fsp3) is 0.0159. The molecule has 0 amide bonds. The van der Waals surface area contributed by atoms with E-state index in [4.69, 9.17) is 4.42 Å². The normalized spacial score (nSPS) is 13.4. The van der Waals surface area contributed by atoms with E-state index in [-0.39, 0.29) is 0 Å². The highest BCUT2D eigenvalue weighted by molar-refractivity contribution is 6.23. The summed E-state index contributed by atoms with van der Waals surface area (Å²) < 4.78 is 6.57. The van der Waals surface area contributed by atoms with Crippen molar-refractivity contribution in [2.24, 2.45) is 0 Å². The molecule has 0 atom stereocenters. The first-order chi connectivity index (χ1) is 31.8. The molecule has 0 bridgehead atoms. The van der Waals surface area contributed by atoms with Crippen molar-refractivity contribution in [3.8, 4) is 44.5 Å². The van der Waals surface area contributed by atoms with Gasteiger partial charge < -0.3 is 4.42 Å². The smallest absolute Gasteiger partial charge is 0.143 e. The van der Waals surface area contributed by atoms with E-state index in [1.807, 2.05) is 0 Å². The minimum absolute atomic E-state index is 0.446. The van der Waals surface area contributed by atoms with Crippen molar-refractivity contribution >= 4 is 75.8 Å². The number of furan rings is 1. The maximum Gasteiger partial charge on any atom is 0.143 e. The highest BCUT2D eigenvalue weighted by atomic mass is 16.3. The van der Waals surface area contributed by atoms with Crippen molar-refractivity contribution < 1.29 is 4.42 Å². The summed E-state index contributed by atoms with van der Waals surface area (Å²) in [6, 6.07) is 81.7. The molecule has 2 aliphatic rings. The van der Waals surface area contributed by atoms with Gasteiger partial charge in [-0.1, -0.05) is 194 Å². The molecule has 13 aromatic rings. The lowest BCUT2D eigenvalue weighted by molar-refractivity contribution is 0.672. The van der Waals surface area contributed by atoms with Gasteiger partial charge in [-0.2, -0.15) is 0 Å². The molecule has 1 heteroatoms. The number of hydrogen-bond acceptors (Lipinski definition) is 1. The molecule has 12 aromatic carbocycles. The summed E-state index contributed by atoms with van der Waals surface area (Å²) in [5.74, 6) is 0. The molecule has 1 spiro atoms. The summed E-state index contributed by atoms with van der Waals surface area (Å²) >= 11 is 0. The number of fused-ring (bicyclic) bond motifs is 21. The predicted molar refractivity (Wildman–Crippen MR) is 268 cm³/mol. The first-order valence-corrected chi connectivity index (χ1v) is 22.3. The van der Waals surface area contributed by atoms with Crippen molar-refractivity contribution in [3.05, 3.63) is 241 Å². The zero-order valence-electron chi connectivity index (χ0n) is 34.7. The van der Waals surface area contributed by atoms with Crippen molar-refractivity contribution in [2.45, 2.75) is 5.41 Å². The third-order valence-corrected chi connectivity index (χ3v) is 14.8. The van der Waals surface area contributed by atoms with Gasteiger partial charge in [-0.15, -0.1) is 0 Å². The molecule has 1 nitrogen and oxygen atoms in total. The molecule has 2 aliphatic carbocycles. The largest absolute Gasteiger partial charge is 0.455 e. The Bertz CT molecular complexity index is 4100. The third kappa shape index (κ3) is 4.29. The van der Waals surface area contributed by atoms with E-state index in [2.05, 4.69) is 218 Å². The second-order valence-corrected chi connectivity index (χ2v) is 17.8. The highest BCUT2D eigenvalue weighted by Gasteiger charge is 2.52. The summed E-state index contributed by atoms with van der Waals surface area (Å²) in [5.41, 5.74) is 17.1. The fourth-order valence-corrected chi connectivity index (χ4v) is 12.3. The second kappa shape index (κ2) is 12.4. The topological polar surface area (TPSA) is 13.1 Å². The minimum atomic E-state index is -0.446. The monoisotopic (exact) mass is 808 g/mol. The molecule has 0 aliphatic heterocycles. The van der Waals surface area contributed by atoms with Crippen molar-refractivity contribution in [2.75, 3.05) is 0 Å². The van der Waals surface area contributed by atoms with Crippen LogP contribution in [0.4, 0.5) is 0 Å². The van der Waals surface area contributed by atoms with Gasteiger partial charge in [-0.25, -0.2) is 0 Å². The quantitative estimate of drug-likeness (QED) is 0.159.